The van der Waals surface area contributed by atoms with Gasteiger partial charge in [0.1, 0.15) is 0 Å². The normalized spacial score (nSPS) is 11.9. The van der Waals surface area contributed by atoms with Crippen molar-refractivity contribution in [2.75, 3.05) is 24.5 Å². The van der Waals surface area contributed by atoms with E-state index in [1.165, 1.54) is 11.3 Å². The summed E-state index contributed by atoms with van der Waals surface area (Å²) in [5.74, 6) is 0.643. The Labute approximate surface area is 112 Å². The molecule has 2 N–H and O–H groups in total. The highest BCUT2D eigenvalue weighted by molar-refractivity contribution is 5.56. The molecule has 0 radical (unpaired) electrons. The van der Waals surface area contributed by atoms with Crippen LogP contribution in [-0.2, 0) is 5.41 Å². The first-order valence-corrected chi connectivity index (χ1v) is 6.90. The first kappa shape index (κ1) is 15.0. The van der Waals surface area contributed by atoms with Gasteiger partial charge in [-0.2, -0.15) is 0 Å². The largest absolute Gasteiger partial charge is 0.370 e. The molecule has 0 amide bonds. The highest BCUT2D eigenvalue weighted by Gasteiger charge is 2.20. The zero-order valence-corrected chi connectivity index (χ0v) is 12.5. The summed E-state index contributed by atoms with van der Waals surface area (Å²) >= 11 is 0. The number of hydrogen-bond acceptors (Lipinski definition) is 2. The van der Waals surface area contributed by atoms with Crippen molar-refractivity contribution >= 4 is 5.69 Å². The molecule has 0 aliphatic rings. The molecule has 0 saturated carbocycles. The molecule has 0 unspecified atom stereocenters. The lowest BCUT2D eigenvalue weighted by Crippen LogP contribution is -2.34. The molecular weight excluding hydrogens is 220 g/mol. The van der Waals surface area contributed by atoms with Crippen molar-refractivity contribution in [1.29, 1.82) is 0 Å². The second-order valence-electron chi connectivity index (χ2n) is 6.40. The average Bonchev–Trinajstić information content (AvgIpc) is 2.27. The Bertz CT molecular complexity index is 364. The van der Waals surface area contributed by atoms with Gasteiger partial charge in [0.05, 0.1) is 0 Å². The molecule has 0 fully saturated rings. The van der Waals surface area contributed by atoms with E-state index in [9.17, 15) is 0 Å². The molecule has 2 nitrogen and oxygen atoms in total. The molecule has 0 saturated heterocycles. The van der Waals surface area contributed by atoms with Crippen molar-refractivity contribution in [3.63, 3.8) is 0 Å². The van der Waals surface area contributed by atoms with Crippen LogP contribution in [0.4, 0.5) is 5.69 Å². The van der Waals surface area contributed by atoms with Crippen LogP contribution < -0.4 is 10.6 Å². The van der Waals surface area contributed by atoms with Crippen LogP contribution in [0.1, 0.15) is 40.2 Å². The van der Waals surface area contributed by atoms with Crippen LogP contribution in [0.5, 0.6) is 0 Å². The van der Waals surface area contributed by atoms with Gasteiger partial charge in [-0.1, -0.05) is 52.8 Å². The molecule has 0 aromatic heterocycles. The minimum Gasteiger partial charge on any atom is -0.370 e. The van der Waals surface area contributed by atoms with E-state index in [0.29, 0.717) is 12.5 Å². The summed E-state index contributed by atoms with van der Waals surface area (Å²) in [6.07, 6.45) is 0. The van der Waals surface area contributed by atoms with Crippen LogP contribution in [0.25, 0.3) is 0 Å². The maximum absolute atomic E-state index is 5.76. The van der Waals surface area contributed by atoms with E-state index >= 15 is 0 Å². The van der Waals surface area contributed by atoms with Gasteiger partial charge in [-0.25, -0.2) is 0 Å². The molecule has 102 valence electrons. The van der Waals surface area contributed by atoms with Crippen molar-refractivity contribution in [3.05, 3.63) is 29.8 Å². The van der Waals surface area contributed by atoms with E-state index in [0.717, 1.165) is 13.1 Å². The fraction of sp³-hybridized carbons (Fsp3) is 0.625. The fourth-order valence-corrected chi connectivity index (χ4v) is 2.29. The Kier molecular flexibility index (Phi) is 5.21. The van der Waals surface area contributed by atoms with Gasteiger partial charge in [0, 0.05) is 25.3 Å². The maximum Gasteiger partial charge on any atom is 0.0404 e. The summed E-state index contributed by atoms with van der Waals surface area (Å²) in [6, 6.07) is 8.70. The van der Waals surface area contributed by atoms with Crippen molar-refractivity contribution in [1.82, 2.24) is 0 Å². The molecule has 0 aliphatic heterocycles. The molecule has 0 atom stereocenters. The molecule has 18 heavy (non-hydrogen) atoms. The third-order valence-corrected chi connectivity index (χ3v) is 3.04. The molecular formula is C16H28N2. The number of rotatable bonds is 5. The van der Waals surface area contributed by atoms with Gasteiger partial charge in [0.25, 0.3) is 0 Å². The predicted molar refractivity (Wildman–Crippen MR) is 81.2 cm³/mol. The Morgan fingerprint density at radius 2 is 1.78 bits per heavy atom. The first-order valence-electron chi connectivity index (χ1n) is 6.90. The molecule has 1 aromatic rings. The lowest BCUT2D eigenvalue weighted by molar-refractivity contribution is 0.573. The highest BCUT2D eigenvalue weighted by atomic mass is 15.1. The van der Waals surface area contributed by atoms with Crippen LogP contribution in [0.2, 0.25) is 0 Å². The maximum atomic E-state index is 5.76. The summed E-state index contributed by atoms with van der Waals surface area (Å²) in [6.45, 7) is 14.0. The van der Waals surface area contributed by atoms with Crippen LogP contribution in [-0.4, -0.2) is 19.6 Å². The number of nitrogens with two attached hydrogens (primary N) is 1. The van der Waals surface area contributed by atoms with Crippen LogP contribution in [0.3, 0.4) is 0 Å². The van der Waals surface area contributed by atoms with Crippen molar-refractivity contribution in [2.24, 2.45) is 11.7 Å². The third kappa shape index (κ3) is 4.02. The molecule has 1 rings (SSSR count). The van der Waals surface area contributed by atoms with E-state index in [1.54, 1.807) is 0 Å². The summed E-state index contributed by atoms with van der Waals surface area (Å²) < 4.78 is 0. The van der Waals surface area contributed by atoms with Crippen molar-refractivity contribution in [3.8, 4) is 0 Å². The lowest BCUT2D eigenvalue weighted by Gasteiger charge is -2.32. The zero-order chi connectivity index (χ0) is 13.8. The Morgan fingerprint density at radius 3 is 2.28 bits per heavy atom. The second-order valence-corrected chi connectivity index (χ2v) is 6.40. The molecule has 1 aromatic carbocycles. The van der Waals surface area contributed by atoms with E-state index in [-0.39, 0.29) is 5.41 Å². The Balaban J connectivity index is 3.11. The summed E-state index contributed by atoms with van der Waals surface area (Å²) in [4.78, 5) is 2.42. The van der Waals surface area contributed by atoms with E-state index in [1.807, 2.05) is 0 Å². The average molecular weight is 248 g/mol. The standard InChI is InChI=1S/C16H28N2/c1-13(2)12-18(11-10-17)15-9-7-6-8-14(15)16(3,4)5/h6-9,13H,10-12,17H2,1-5H3. The summed E-state index contributed by atoms with van der Waals surface area (Å²) in [5.41, 5.74) is 8.67. The Hall–Kier alpha value is -1.02. The van der Waals surface area contributed by atoms with Gasteiger partial charge in [-0.15, -0.1) is 0 Å². The first-order chi connectivity index (χ1) is 8.36. The van der Waals surface area contributed by atoms with Gasteiger partial charge < -0.3 is 10.6 Å². The second kappa shape index (κ2) is 6.24. The number of hydrogen-bond donors (Lipinski definition) is 1. The third-order valence-electron chi connectivity index (χ3n) is 3.04. The van der Waals surface area contributed by atoms with Crippen LogP contribution in [0.15, 0.2) is 24.3 Å². The van der Waals surface area contributed by atoms with Gasteiger partial charge in [0.15, 0.2) is 0 Å². The molecule has 2 heteroatoms. The molecule has 0 heterocycles. The SMILES string of the molecule is CC(C)CN(CCN)c1ccccc1C(C)(C)C. The quantitative estimate of drug-likeness (QED) is 0.865. The Morgan fingerprint density at radius 1 is 1.17 bits per heavy atom. The van der Waals surface area contributed by atoms with Gasteiger partial charge >= 0.3 is 0 Å². The van der Waals surface area contributed by atoms with Gasteiger partial charge in [0.2, 0.25) is 0 Å². The van der Waals surface area contributed by atoms with Gasteiger partial charge in [-0.05, 0) is 23.0 Å². The smallest absolute Gasteiger partial charge is 0.0404 e. The highest BCUT2D eigenvalue weighted by Crippen LogP contribution is 2.32. The summed E-state index contributed by atoms with van der Waals surface area (Å²) in [7, 11) is 0. The predicted octanol–water partition coefficient (Wildman–Crippen LogP) is 3.41. The number of nitrogens with zero attached hydrogens (tertiary/aromatic N) is 1. The monoisotopic (exact) mass is 248 g/mol. The fourth-order valence-electron chi connectivity index (χ4n) is 2.29. The van der Waals surface area contributed by atoms with E-state index < -0.39 is 0 Å². The molecule has 0 bridgehead atoms. The minimum atomic E-state index is 0.167. The minimum absolute atomic E-state index is 0.167. The van der Waals surface area contributed by atoms with Gasteiger partial charge in [-0.3, -0.25) is 0 Å². The van der Waals surface area contributed by atoms with Crippen LogP contribution in [0, 0.1) is 5.92 Å². The van der Waals surface area contributed by atoms with Crippen LogP contribution >= 0.6 is 0 Å². The van der Waals surface area contributed by atoms with E-state index in [2.05, 4.69) is 63.8 Å². The molecule has 0 spiro atoms. The number of para-hydroxylation sites is 1. The number of anilines is 1. The van der Waals surface area contributed by atoms with E-state index in [4.69, 9.17) is 5.73 Å². The zero-order valence-electron chi connectivity index (χ0n) is 12.5. The topological polar surface area (TPSA) is 29.3 Å². The number of benzene rings is 1. The van der Waals surface area contributed by atoms with Crippen molar-refractivity contribution < 1.29 is 0 Å². The van der Waals surface area contributed by atoms with Crippen molar-refractivity contribution in [2.45, 2.75) is 40.0 Å². The molecule has 0 aliphatic carbocycles. The summed E-state index contributed by atoms with van der Waals surface area (Å²) in [5, 5.41) is 0. The lowest BCUT2D eigenvalue weighted by atomic mass is 9.85.